The highest BCUT2D eigenvalue weighted by atomic mass is 16.5. The van der Waals surface area contributed by atoms with Crippen LogP contribution >= 0.6 is 0 Å². The topological polar surface area (TPSA) is 50.3 Å². The second-order valence-corrected chi connectivity index (χ2v) is 5.77. The van der Waals surface area contributed by atoms with Gasteiger partial charge in [-0.05, 0) is 12.1 Å². The molecule has 22 heavy (non-hydrogen) atoms. The normalized spacial score (nSPS) is 19.0. The van der Waals surface area contributed by atoms with Crippen LogP contribution in [0.4, 0.5) is 5.95 Å². The van der Waals surface area contributed by atoms with Crippen molar-refractivity contribution in [3.63, 3.8) is 0 Å². The highest BCUT2D eigenvalue weighted by Gasteiger charge is 2.19. The molecule has 114 valence electrons. The van der Waals surface area contributed by atoms with Crippen LogP contribution in [0.25, 0.3) is 10.9 Å². The quantitative estimate of drug-likeness (QED) is 0.879. The Morgan fingerprint density at radius 2 is 1.82 bits per heavy atom. The molecule has 5 heteroatoms. The number of anilines is 1. The molecule has 1 saturated heterocycles. The van der Waals surface area contributed by atoms with Gasteiger partial charge in [0, 0.05) is 39.0 Å². The van der Waals surface area contributed by atoms with Crippen molar-refractivity contribution in [2.75, 3.05) is 31.1 Å². The Balaban J connectivity index is 1.71. The van der Waals surface area contributed by atoms with Crippen LogP contribution < -0.4 is 15.0 Å². The van der Waals surface area contributed by atoms with E-state index in [2.05, 4.69) is 22.4 Å². The van der Waals surface area contributed by atoms with Gasteiger partial charge in [-0.3, -0.25) is 0 Å². The standard InChI is InChI=1S/C17H20N4O/c1-2-6-13(5-1)22-16-14-7-3-4-8-15(14)19-17(20-16)21-11-9-18-10-12-21/h1-4,7-8,13,18H,5-6,9-12H2. The van der Waals surface area contributed by atoms with E-state index >= 15 is 0 Å². The fraction of sp³-hybridized carbons (Fsp3) is 0.412. The van der Waals surface area contributed by atoms with E-state index in [1.54, 1.807) is 0 Å². The summed E-state index contributed by atoms with van der Waals surface area (Å²) in [5.41, 5.74) is 0.951. The Morgan fingerprint density at radius 1 is 1.05 bits per heavy atom. The number of para-hydroxylation sites is 1. The third-order valence-corrected chi connectivity index (χ3v) is 4.20. The van der Waals surface area contributed by atoms with Crippen LogP contribution in [0.5, 0.6) is 5.88 Å². The Hall–Kier alpha value is -2.14. The van der Waals surface area contributed by atoms with Gasteiger partial charge in [0.1, 0.15) is 6.10 Å². The van der Waals surface area contributed by atoms with Crippen LogP contribution in [0.15, 0.2) is 36.4 Å². The van der Waals surface area contributed by atoms with E-state index in [1.165, 1.54) is 0 Å². The lowest BCUT2D eigenvalue weighted by Gasteiger charge is -2.28. The van der Waals surface area contributed by atoms with Gasteiger partial charge in [-0.25, -0.2) is 4.98 Å². The fourth-order valence-electron chi connectivity index (χ4n) is 2.98. The minimum absolute atomic E-state index is 0.203. The van der Waals surface area contributed by atoms with Crippen LogP contribution in [0, 0.1) is 0 Å². The van der Waals surface area contributed by atoms with Gasteiger partial charge in [-0.1, -0.05) is 24.3 Å². The molecule has 1 aliphatic heterocycles. The minimum atomic E-state index is 0.203. The van der Waals surface area contributed by atoms with Gasteiger partial charge in [-0.15, -0.1) is 0 Å². The van der Waals surface area contributed by atoms with Crippen molar-refractivity contribution in [1.29, 1.82) is 0 Å². The van der Waals surface area contributed by atoms with E-state index in [0.717, 1.165) is 55.9 Å². The molecule has 0 spiro atoms. The number of hydrogen-bond acceptors (Lipinski definition) is 5. The fourth-order valence-corrected chi connectivity index (χ4v) is 2.98. The van der Waals surface area contributed by atoms with E-state index in [0.29, 0.717) is 5.88 Å². The summed E-state index contributed by atoms with van der Waals surface area (Å²) in [4.78, 5) is 11.7. The average molecular weight is 296 g/mol. The smallest absolute Gasteiger partial charge is 0.229 e. The molecule has 4 rings (SSSR count). The molecule has 1 fully saturated rings. The number of hydrogen-bond donors (Lipinski definition) is 1. The molecule has 0 radical (unpaired) electrons. The third kappa shape index (κ3) is 2.64. The van der Waals surface area contributed by atoms with Crippen LogP contribution in [0.3, 0.4) is 0 Å². The minimum Gasteiger partial charge on any atom is -0.473 e. The lowest BCUT2D eigenvalue weighted by molar-refractivity contribution is 0.210. The van der Waals surface area contributed by atoms with Gasteiger partial charge < -0.3 is 15.0 Å². The van der Waals surface area contributed by atoms with Crippen molar-refractivity contribution in [2.45, 2.75) is 18.9 Å². The summed E-state index contributed by atoms with van der Waals surface area (Å²) in [7, 11) is 0. The zero-order valence-corrected chi connectivity index (χ0v) is 12.5. The van der Waals surface area contributed by atoms with Crippen molar-refractivity contribution in [3.05, 3.63) is 36.4 Å². The first kappa shape index (κ1) is 13.5. The molecule has 0 saturated carbocycles. The van der Waals surface area contributed by atoms with Gasteiger partial charge in [0.05, 0.1) is 10.9 Å². The highest BCUT2D eigenvalue weighted by molar-refractivity contribution is 5.84. The summed E-state index contributed by atoms with van der Waals surface area (Å²) in [5, 5.41) is 4.35. The molecule has 2 heterocycles. The van der Waals surface area contributed by atoms with E-state index in [-0.39, 0.29) is 6.10 Å². The van der Waals surface area contributed by atoms with Gasteiger partial charge in [-0.2, -0.15) is 4.98 Å². The van der Waals surface area contributed by atoms with Crippen molar-refractivity contribution in [2.24, 2.45) is 0 Å². The average Bonchev–Trinajstić information content (AvgIpc) is 3.09. The number of aromatic nitrogens is 2. The predicted molar refractivity (Wildman–Crippen MR) is 87.4 cm³/mol. The molecule has 1 aromatic carbocycles. The SMILES string of the molecule is C1=CCC(Oc2nc(N3CCNCC3)nc3ccccc23)C1. The molecule has 0 unspecified atom stereocenters. The lowest BCUT2D eigenvalue weighted by atomic mass is 10.2. The molecule has 1 aromatic heterocycles. The van der Waals surface area contributed by atoms with Crippen molar-refractivity contribution in [3.8, 4) is 5.88 Å². The van der Waals surface area contributed by atoms with Gasteiger partial charge >= 0.3 is 0 Å². The predicted octanol–water partition coefficient (Wildman–Crippen LogP) is 2.14. The summed E-state index contributed by atoms with van der Waals surface area (Å²) < 4.78 is 6.16. The third-order valence-electron chi connectivity index (χ3n) is 4.20. The number of benzene rings is 1. The van der Waals surface area contributed by atoms with Gasteiger partial charge in [0.25, 0.3) is 0 Å². The second kappa shape index (κ2) is 5.93. The maximum Gasteiger partial charge on any atom is 0.229 e. The number of nitrogens with zero attached hydrogens (tertiary/aromatic N) is 3. The van der Waals surface area contributed by atoms with E-state index in [4.69, 9.17) is 14.7 Å². The number of fused-ring (bicyclic) bond motifs is 1. The molecule has 0 atom stereocenters. The van der Waals surface area contributed by atoms with E-state index < -0.39 is 0 Å². The number of nitrogens with one attached hydrogen (secondary N) is 1. The largest absolute Gasteiger partial charge is 0.473 e. The van der Waals surface area contributed by atoms with E-state index in [1.807, 2.05) is 24.3 Å². The molecule has 0 amide bonds. The first-order valence-corrected chi connectivity index (χ1v) is 7.94. The van der Waals surface area contributed by atoms with Crippen LogP contribution in [0.2, 0.25) is 0 Å². The summed E-state index contributed by atoms with van der Waals surface area (Å²) in [5.74, 6) is 1.49. The monoisotopic (exact) mass is 296 g/mol. The molecule has 1 aliphatic carbocycles. The number of piperazine rings is 1. The van der Waals surface area contributed by atoms with Crippen molar-refractivity contribution in [1.82, 2.24) is 15.3 Å². The summed E-state index contributed by atoms with van der Waals surface area (Å²) in [6.07, 6.45) is 6.47. The summed E-state index contributed by atoms with van der Waals surface area (Å²) in [6.45, 7) is 3.81. The first-order chi connectivity index (χ1) is 10.9. The lowest BCUT2D eigenvalue weighted by Crippen LogP contribution is -2.44. The van der Waals surface area contributed by atoms with Crippen LogP contribution in [0.1, 0.15) is 12.8 Å². The molecular formula is C17H20N4O. The van der Waals surface area contributed by atoms with Gasteiger partial charge in [0.2, 0.25) is 11.8 Å². The maximum atomic E-state index is 6.16. The number of ether oxygens (including phenoxy) is 1. The Kier molecular flexibility index (Phi) is 3.64. The molecule has 0 bridgehead atoms. The summed E-state index contributed by atoms with van der Waals surface area (Å²) in [6, 6.07) is 8.09. The Bertz CT molecular complexity index is 686. The highest BCUT2D eigenvalue weighted by Crippen LogP contribution is 2.28. The van der Waals surface area contributed by atoms with Crippen LogP contribution in [-0.4, -0.2) is 42.3 Å². The van der Waals surface area contributed by atoms with Gasteiger partial charge in [0.15, 0.2) is 0 Å². The maximum absolute atomic E-state index is 6.16. The first-order valence-electron chi connectivity index (χ1n) is 7.94. The molecule has 2 aromatic rings. The zero-order valence-electron chi connectivity index (χ0n) is 12.5. The molecular weight excluding hydrogens is 276 g/mol. The zero-order chi connectivity index (χ0) is 14.8. The molecule has 1 N–H and O–H groups in total. The molecule has 5 nitrogen and oxygen atoms in total. The number of rotatable bonds is 3. The van der Waals surface area contributed by atoms with Crippen molar-refractivity contribution < 1.29 is 4.74 Å². The second-order valence-electron chi connectivity index (χ2n) is 5.77. The van der Waals surface area contributed by atoms with Crippen LogP contribution in [-0.2, 0) is 0 Å². The summed E-state index contributed by atoms with van der Waals surface area (Å²) >= 11 is 0. The van der Waals surface area contributed by atoms with Crippen molar-refractivity contribution >= 4 is 16.9 Å². The van der Waals surface area contributed by atoms with E-state index in [9.17, 15) is 0 Å². The Morgan fingerprint density at radius 3 is 2.64 bits per heavy atom. The molecule has 2 aliphatic rings. The Labute approximate surface area is 130 Å².